The number of rotatable bonds is 1. The highest BCUT2D eigenvalue weighted by molar-refractivity contribution is 6.02. The van der Waals surface area contributed by atoms with Gasteiger partial charge in [0.25, 0.3) is 0 Å². The summed E-state index contributed by atoms with van der Waals surface area (Å²) in [7, 11) is 1.71. The Morgan fingerprint density at radius 2 is 2.14 bits per heavy atom. The second kappa shape index (κ2) is 2.64. The summed E-state index contributed by atoms with van der Waals surface area (Å²) in [4.78, 5) is 0. The SMILES string of the molecule is COc1ccc2c3c(cccc13)NC2. The van der Waals surface area contributed by atoms with E-state index in [9.17, 15) is 0 Å². The molecule has 14 heavy (non-hydrogen) atoms. The van der Waals surface area contributed by atoms with Crippen LogP contribution in [0, 0.1) is 0 Å². The molecule has 0 fully saturated rings. The van der Waals surface area contributed by atoms with Crippen molar-refractivity contribution in [1.29, 1.82) is 0 Å². The summed E-state index contributed by atoms with van der Waals surface area (Å²) in [6.45, 7) is 0.930. The van der Waals surface area contributed by atoms with E-state index in [2.05, 4.69) is 29.6 Å². The Labute approximate surface area is 82.5 Å². The summed E-state index contributed by atoms with van der Waals surface area (Å²) in [5, 5.41) is 5.88. The lowest BCUT2D eigenvalue weighted by molar-refractivity contribution is 0.420. The van der Waals surface area contributed by atoms with E-state index in [1.165, 1.54) is 22.0 Å². The third-order valence-electron chi connectivity index (χ3n) is 2.78. The molecule has 1 aliphatic rings. The fourth-order valence-electron chi connectivity index (χ4n) is 2.12. The molecule has 2 aromatic rings. The van der Waals surface area contributed by atoms with Crippen molar-refractivity contribution < 1.29 is 4.74 Å². The Kier molecular flexibility index (Phi) is 1.45. The highest BCUT2D eigenvalue weighted by Gasteiger charge is 2.14. The molecule has 1 heterocycles. The van der Waals surface area contributed by atoms with Gasteiger partial charge in [-0.25, -0.2) is 0 Å². The first-order valence-electron chi connectivity index (χ1n) is 4.72. The third-order valence-corrected chi connectivity index (χ3v) is 2.78. The highest BCUT2D eigenvalue weighted by atomic mass is 16.5. The van der Waals surface area contributed by atoms with Crippen molar-refractivity contribution in [2.45, 2.75) is 6.54 Å². The van der Waals surface area contributed by atoms with Gasteiger partial charge < -0.3 is 10.1 Å². The molecule has 0 saturated carbocycles. The van der Waals surface area contributed by atoms with Gasteiger partial charge in [0.15, 0.2) is 0 Å². The zero-order valence-electron chi connectivity index (χ0n) is 8.00. The standard InChI is InChI=1S/C12H11NO/c1-14-11-6-5-8-7-13-10-4-2-3-9(11)12(8)10/h2-6,13H,7H2,1H3. The lowest BCUT2D eigenvalue weighted by atomic mass is 10.0. The maximum absolute atomic E-state index is 5.34. The molecule has 0 unspecified atom stereocenters. The molecule has 0 bridgehead atoms. The van der Waals surface area contributed by atoms with Crippen LogP contribution in [0.15, 0.2) is 30.3 Å². The minimum absolute atomic E-state index is 0.930. The Bertz CT molecular complexity index is 495. The lowest BCUT2D eigenvalue weighted by Crippen LogP contribution is -1.88. The molecule has 0 radical (unpaired) electrons. The van der Waals surface area contributed by atoms with Crippen molar-refractivity contribution >= 4 is 16.5 Å². The molecule has 70 valence electrons. The molecule has 0 saturated heterocycles. The fraction of sp³-hybridized carbons (Fsp3) is 0.167. The summed E-state index contributed by atoms with van der Waals surface area (Å²) >= 11 is 0. The van der Waals surface area contributed by atoms with Gasteiger partial charge in [-0.05, 0) is 17.7 Å². The first-order chi connectivity index (χ1) is 6.90. The number of benzene rings is 2. The van der Waals surface area contributed by atoms with Crippen molar-refractivity contribution in [3.05, 3.63) is 35.9 Å². The number of nitrogens with one attached hydrogen (secondary N) is 1. The van der Waals surface area contributed by atoms with Crippen LogP contribution in [-0.2, 0) is 6.54 Å². The number of hydrogen-bond donors (Lipinski definition) is 1. The van der Waals surface area contributed by atoms with Gasteiger partial charge >= 0.3 is 0 Å². The maximum Gasteiger partial charge on any atom is 0.126 e. The number of anilines is 1. The van der Waals surface area contributed by atoms with Crippen molar-refractivity contribution in [2.75, 3.05) is 12.4 Å². The van der Waals surface area contributed by atoms with Crippen LogP contribution in [0.2, 0.25) is 0 Å². The van der Waals surface area contributed by atoms with Gasteiger partial charge in [0, 0.05) is 23.0 Å². The molecule has 0 aliphatic carbocycles. The Morgan fingerprint density at radius 1 is 1.21 bits per heavy atom. The van der Waals surface area contributed by atoms with Crippen LogP contribution in [0.5, 0.6) is 5.75 Å². The van der Waals surface area contributed by atoms with Crippen molar-refractivity contribution in [2.24, 2.45) is 0 Å². The zero-order valence-corrected chi connectivity index (χ0v) is 8.00. The third kappa shape index (κ3) is 0.854. The highest BCUT2D eigenvalue weighted by Crippen LogP contribution is 2.37. The van der Waals surface area contributed by atoms with Crippen molar-refractivity contribution in [1.82, 2.24) is 0 Å². The molecule has 0 aromatic heterocycles. The summed E-state index contributed by atoms with van der Waals surface area (Å²) in [5.41, 5.74) is 2.58. The number of methoxy groups -OCH3 is 1. The first kappa shape index (κ1) is 7.68. The smallest absolute Gasteiger partial charge is 0.126 e. The molecular weight excluding hydrogens is 174 g/mol. The Morgan fingerprint density at radius 3 is 3.00 bits per heavy atom. The van der Waals surface area contributed by atoms with Gasteiger partial charge in [0.1, 0.15) is 5.75 Å². The van der Waals surface area contributed by atoms with Gasteiger partial charge in [-0.3, -0.25) is 0 Å². The van der Waals surface area contributed by atoms with Crippen LogP contribution < -0.4 is 10.1 Å². The summed E-state index contributed by atoms with van der Waals surface area (Å²) in [6, 6.07) is 10.4. The van der Waals surface area contributed by atoms with Crippen LogP contribution >= 0.6 is 0 Å². The van der Waals surface area contributed by atoms with Crippen molar-refractivity contribution in [3.63, 3.8) is 0 Å². The van der Waals surface area contributed by atoms with E-state index < -0.39 is 0 Å². The van der Waals surface area contributed by atoms with E-state index in [-0.39, 0.29) is 0 Å². The molecule has 1 aliphatic heterocycles. The first-order valence-corrected chi connectivity index (χ1v) is 4.72. The van der Waals surface area contributed by atoms with E-state index in [4.69, 9.17) is 4.74 Å². The van der Waals surface area contributed by atoms with E-state index in [1.54, 1.807) is 7.11 Å². The largest absolute Gasteiger partial charge is 0.496 e. The predicted octanol–water partition coefficient (Wildman–Crippen LogP) is 2.77. The molecule has 3 rings (SSSR count). The average Bonchev–Trinajstić information content (AvgIpc) is 2.65. The maximum atomic E-state index is 5.34. The normalized spacial score (nSPS) is 12.9. The monoisotopic (exact) mass is 185 g/mol. The topological polar surface area (TPSA) is 21.3 Å². The van der Waals surface area contributed by atoms with Gasteiger partial charge in [-0.1, -0.05) is 18.2 Å². The van der Waals surface area contributed by atoms with Gasteiger partial charge in [0.2, 0.25) is 0 Å². The molecule has 0 amide bonds. The molecule has 2 aromatic carbocycles. The number of hydrogen-bond acceptors (Lipinski definition) is 2. The Balaban J connectivity index is 2.48. The summed E-state index contributed by atoms with van der Waals surface area (Å²) in [5.74, 6) is 0.953. The molecule has 1 N–H and O–H groups in total. The van der Waals surface area contributed by atoms with Crippen LogP contribution in [0.4, 0.5) is 5.69 Å². The van der Waals surface area contributed by atoms with E-state index in [0.717, 1.165) is 12.3 Å². The number of ether oxygens (including phenoxy) is 1. The van der Waals surface area contributed by atoms with Crippen LogP contribution in [-0.4, -0.2) is 7.11 Å². The van der Waals surface area contributed by atoms with Crippen molar-refractivity contribution in [3.8, 4) is 5.75 Å². The molecule has 0 spiro atoms. The average molecular weight is 185 g/mol. The Hall–Kier alpha value is -1.70. The molecule has 0 atom stereocenters. The molecule has 2 heteroatoms. The van der Waals surface area contributed by atoms with Gasteiger partial charge in [0.05, 0.1) is 7.11 Å². The lowest BCUT2D eigenvalue weighted by Gasteiger charge is -2.06. The molecule has 2 nitrogen and oxygen atoms in total. The quantitative estimate of drug-likeness (QED) is 0.737. The van der Waals surface area contributed by atoms with Gasteiger partial charge in [-0.15, -0.1) is 0 Å². The second-order valence-corrected chi connectivity index (χ2v) is 3.51. The van der Waals surface area contributed by atoms with Crippen LogP contribution in [0.1, 0.15) is 5.56 Å². The van der Waals surface area contributed by atoms with E-state index >= 15 is 0 Å². The minimum atomic E-state index is 0.930. The molecular formula is C12H11NO. The summed E-state index contributed by atoms with van der Waals surface area (Å²) in [6.07, 6.45) is 0. The van der Waals surface area contributed by atoms with Gasteiger partial charge in [-0.2, -0.15) is 0 Å². The van der Waals surface area contributed by atoms with E-state index in [0.29, 0.717) is 0 Å². The zero-order chi connectivity index (χ0) is 9.54. The predicted molar refractivity (Wildman–Crippen MR) is 57.8 cm³/mol. The van der Waals surface area contributed by atoms with E-state index in [1.807, 2.05) is 6.07 Å². The summed E-state index contributed by atoms with van der Waals surface area (Å²) < 4.78 is 5.34. The fourth-order valence-corrected chi connectivity index (χ4v) is 2.12. The van der Waals surface area contributed by atoms with Crippen LogP contribution in [0.3, 0.4) is 0 Å². The second-order valence-electron chi connectivity index (χ2n) is 3.51. The minimum Gasteiger partial charge on any atom is -0.496 e. The van der Waals surface area contributed by atoms with Crippen LogP contribution in [0.25, 0.3) is 10.8 Å².